The number of carbonyl (C=O) groups excluding carboxylic acids is 1. The Morgan fingerprint density at radius 2 is 1.83 bits per heavy atom. The fraction of sp³-hybridized carbons (Fsp3) is 0.550. The lowest BCUT2D eigenvalue weighted by Gasteiger charge is -2.01. The van der Waals surface area contributed by atoms with Gasteiger partial charge in [0.1, 0.15) is 6.10 Å². The minimum absolute atomic E-state index is 0.192. The molecule has 1 atom stereocenters. The highest BCUT2D eigenvalue weighted by Crippen LogP contribution is 2.07. The third-order valence-corrected chi connectivity index (χ3v) is 3.05. The molecular formula is C20H28O3. The first-order valence-electron chi connectivity index (χ1n) is 8.24. The van der Waals surface area contributed by atoms with Gasteiger partial charge in [0.05, 0.1) is 6.61 Å². The number of allylic oxidation sites excluding steroid dienone is 2. The van der Waals surface area contributed by atoms with E-state index in [0.717, 1.165) is 19.3 Å². The molecule has 0 saturated heterocycles. The standard InChI is InChI=1S/C20H28O3/c1-3-20(22)17-15-13-11-9-7-5-4-6-8-10-12-14-16-18-23-19(2)21/h3,5,7,20,22H,1,4,6,8-10,12,14,16,18H2,2H3/b7-5-. The van der Waals surface area contributed by atoms with E-state index in [1.54, 1.807) is 0 Å². The fourth-order valence-electron chi connectivity index (χ4n) is 1.81. The van der Waals surface area contributed by atoms with Gasteiger partial charge in [0.25, 0.3) is 0 Å². The molecule has 0 amide bonds. The van der Waals surface area contributed by atoms with Crippen LogP contribution in [0.15, 0.2) is 24.8 Å². The van der Waals surface area contributed by atoms with E-state index in [0.29, 0.717) is 13.0 Å². The summed E-state index contributed by atoms with van der Waals surface area (Å²) in [5.41, 5.74) is 0. The van der Waals surface area contributed by atoms with Gasteiger partial charge in [-0.2, -0.15) is 0 Å². The minimum atomic E-state index is -0.790. The van der Waals surface area contributed by atoms with E-state index < -0.39 is 6.10 Å². The molecule has 126 valence electrons. The number of ether oxygens (including phenoxy) is 1. The molecule has 0 aliphatic rings. The summed E-state index contributed by atoms with van der Waals surface area (Å²) in [6, 6.07) is 0. The second-order valence-corrected chi connectivity index (χ2v) is 5.18. The molecule has 0 aliphatic carbocycles. The Morgan fingerprint density at radius 1 is 1.13 bits per heavy atom. The summed E-state index contributed by atoms with van der Waals surface area (Å²) in [5, 5.41) is 9.09. The lowest BCUT2D eigenvalue weighted by Crippen LogP contribution is -1.99. The van der Waals surface area contributed by atoms with Gasteiger partial charge < -0.3 is 9.84 Å². The minimum Gasteiger partial charge on any atom is -0.466 e. The molecule has 0 aromatic rings. The summed E-state index contributed by atoms with van der Waals surface area (Å²) >= 11 is 0. The Hall–Kier alpha value is -1.97. The van der Waals surface area contributed by atoms with Gasteiger partial charge in [-0.3, -0.25) is 4.79 Å². The molecular weight excluding hydrogens is 288 g/mol. The predicted molar refractivity (Wildman–Crippen MR) is 94.5 cm³/mol. The van der Waals surface area contributed by atoms with E-state index in [1.165, 1.54) is 38.7 Å². The number of esters is 1. The highest BCUT2D eigenvalue weighted by atomic mass is 16.5. The Morgan fingerprint density at radius 3 is 2.52 bits per heavy atom. The number of hydrogen-bond acceptors (Lipinski definition) is 3. The number of aliphatic hydroxyl groups excluding tert-OH is 1. The summed E-state index contributed by atoms with van der Waals surface area (Å²) in [6.07, 6.45) is 13.5. The van der Waals surface area contributed by atoms with Crippen LogP contribution in [0.5, 0.6) is 0 Å². The molecule has 0 radical (unpaired) electrons. The van der Waals surface area contributed by atoms with Crippen molar-refractivity contribution in [3.63, 3.8) is 0 Å². The van der Waals surface area contributed by atoms with Crippen LogP contribution < -0.4 is 0 Å². The van der Waals surface area contributed by atoms with Gasteiger partial charge in [0, 0.05) is 13.3 Å². The third-order valence-electron chi connectivity index (χ3n) is 3.05. The molecule has 0 rings (SSSR count). The van der Waals surface area contributed by atoms with E-state index in [1.807, 2.05) is 0 Å². The van der Waals surface area contributed by atoms with Crippen LogP contribution in [0, 0.1) is 23.7 Å². The van der Waals surface area contributed by atoms with E-state index >= 15 is 0 Å². The molecule has 1 N–H and O–H groups in total. The Bertz CT molecular complexity index is 469. The summed E-state index contributed by atoms with van der Waals surface area (Å²) in [7, 11) is 0. The summed E-state index contributed by atoms with van der Waals surface area (Å²) in [6.45, 7) is 5.42. The van der Waals surface area contributed by atoms with Crippen molar-refractivity contribution in [1.82, 2.24) is 0 Å². The second kappa shape index (κ2) is 16.4. The monoisotopic (exact) mass is 316 g/mol. The third kappa shape index (κ3) is 18.0. The van der Waals surface area contributed by atoms with E-state index in [9.17, 15) is 4.79 Å². The molecule has 0 heterocycles. The van der Waals surface area contributed by atoms with Gasteiger partial charge in [-0.25, -0.2) is 0 Å². The van der Waals surface area contributed by atoms with Gasteiger partial charge in [-0.15, -0.1) is 0 Å². The zero-order valence-corrected chi connectivity index (χ0v) is 14.1. The maximum atomic E-state index is 10.6. The summed E-state index contributed by atoms with van der Waals surface area (Å²) < 4.78 is 4.88. The molecule has 3 heteroatoms. The van der Waals surface area contributed by atoms with Crippen molar-refractivity contribution in [2.75, 3.05) is 6.61 Å². The zero-order valence-electron chi connectivity index (χ0n) is 14.1. The van der Waals surface area contributed by atoms with Crippen LogP contribution in [-0.4, -0.2) is 23.8 Å². The van der Waals surface area contributed by atoms with E-state index in [2.05, 4.69) is 42.4 Å². The van der Waals surface area contributed by atoms with E-state index in [-0.39, 0.29) is 5.97 Å². The number of hydrogen-bond donors (Lipinski definition) is 1. The van der Waals surface area contributed by atoms with Crippen LogP contribution >= 0.6 is 0 Å². The second-order valence-electron chi connectivity index (χ2n) is 5.18. The van der Waals surface area contributed by atoms with Crippen LogP contribution in [-0.2, 0) is 9.53 Å². The van der Waals surface area contributed by atoms with Crippen LogP contribution in [0.25, 0.3) is 0 Å². The van der Waals surface area contributed by atoms with Gasteiger partial charge in [-0.05, 0) is 31.1 Å². The van der Waals surface area contributed by atoms with Crippen LogP contribution in [0.2, 0.25) is 0 Å². The normalized spacial score (nSPS) is 11.0. The highest BCUT2D eigenvalue weighted by molar-refractivity contribution is 5.65. The Balaban J connectivity index is 3.38. The van der Waals surface area contributed by atoms with E-state index in [4.69, 9.17) is 9.84 Å². The number of carbonyl (C=O) groups is 1. The van der Waals surface area contributed by atoms with Crippen molar-refractivity contribution >= 4 is 5.97 Å². The average Bonchev–Trinajstić information content (AvgIpc) is 2.53. The largest absolute Gasteiger partial charge is 0.466 e. The van der Waals surface area contributed by atoms with Crippen molar-refractivity contribution in [3.8, 4) is 23.7 Å². The molecule has 0 spiro atoms. The number of aliphatic hydroxyl groups is 1. The van der Waals surface area contributed by atoms with Gasteiger partial charge in [-0.1, -0.05) is 62.3 Å². The summed E-state index contributed by atoms with van der Waals surface area (Å²) in [5.74, 6) is 10.5. The predicted octanol–water partition coefficient (Wildman–Crippen LogP) is 3.78. The Labute approximate surface area is 140 Å². The van der Waals surface area contributed by atoms with Crippen molar-refractivity contribution in [2.45, 2.75) is 64.4 Å². The molecule has 0 bridgehead atoms. The first-order chi connectivity index (χ1) is 11.2. The lowest BCUT2D eigenvalue weighted by molar-refractivity contribution is -0.141. The van der Waals surface area contributed by atoms with Crippen molar-refractivity contribution in [3.05, 3.63) is 24.8 Å². The van der Waals surface area contributed by atoms with Crippen molar-refractivity contribution < 1.29 is 14.6 Å². The smallest absolute Gasteiger partial charge is 0.302 e. The maximum Gasteiger partial charge on any atom is 0.302 e. The molecule has 23 heavy (non-hydrogen) atoms. The SMILES string of the molecule is C=CC(O)C#CC#CC/C=C\CCCCCCCCOC(C)=O. The Kier molecular flexibility index (Phi) is 15.0. The summed E-state index contributed by atoms with van der Waals surface area (Å²) in [4.78, 5) is 10.6. The van der Waals surface area contributed by atoms with Crippen molar-refractivity contribution in [1.29, 1.82) is 0 Å². The van der Waals surface area contributed by atoms with Gasteiger partial charge >= 0.3 is 5.97 Å². The number of unbranched alkanes of at least 4 members (excludes halogenated alkanes) is 6. The highest BCUT2D eigenvalue weighted by Gasteiger charge is 1.93. The van der Waals surface area contributed by atoms with Crippen LogP contribution in [0.1, 0.15) is 58.3 Å². The molecule has 0 saturated carbocycles. The maximum absolute atomic E-state index is 10.6. The molecule has 0 fully saturated rings. The molecule has 0 aliphatic heterocycles. The molecule has 3 nitrogen and oxygen atoms in total. The first kappa shape index (κ1) is 21.0. The fourth-order valence-corrected chi connectivity index (χ4v) is 1.81. The van der Waals surface area contributed by atoms with Crippen LogP contribution in [0.4, 0.5) is 0 Å². The average molecular weight is 316 g/mol. The topological polar surface area (TPSA) is 46.5 Å². The molecule has 0 aromatic heterocycles. The van der Waals surface area contributed by atoms with Gasteiger partial charge in [0.15, 0.2) is 0 Å². The lowest BCUT2D eigenvalue weighted by atomic mass is 10.1. The first-order valence-corrected chi connectivity index (χ1v) is 8.24. The van der Waals surface area contributed by atoms with Crippen molar-refractivity contribution in [2.24, 2.45) is 0 Å². The zero-order chi connectivity index (χ0) is 17.2. The van der Waals surface area contributed by atoms with Crippen LogP contribution in [0.3, 0.4) is 0 Å². The van der Waals surface area contributed by atoms with Gasteiger partial charge in [0.2, 0.25) is 0 Å². The molecule has 0 aromatic carbocycles. The quantitative estimate of drug-likeness (QED) is 0.273. The molecule has 1 unspecified atom stereocenters. The number of rotatable bonds is 11.